The fourth-order valence-corrected chi connectivity index (χ4v) is 4.87. The molecule has 1 amide bonds. The summed E-state index contributed by atoms with van der Waals surface area (Å²) in [5, 5.41) is 3.02. The van der Waals surface area contributed by atoms with E-state index in [1.54, 1.807) is 20.8 Å². The summed E-state index contributed by atoms with van der Waals surface area (Å²) in [6, 6.07) is 8.00. The van der Waals surface area contributed by atoms with Crippen molar-refractivity contribution in [2.45, 2.75) is 70.1 Å². The van der Waals surface area contributed by atoms with Crippen molar-refractivity contribution in [1.29, 1.82) is 0 Å². The fourth-order valence-electron chi connectivity index (χ4n) is 3.84. The molecule has 28 heavy (non-hydrogen) atoms. The summed E-state index contributed by atoms with van der Waals surface area (Å²) in [6.07, 6.45) is 5.28. The van der Waals surface area contributed by atoms with Crippen molar-refractivity contribution in [3.63, 3.8) is 0 Å². The minimum absolute atomic E-state index is 0.0334. The van der Waals surface area contributed by atoms with Crippen molar-refractivity contribution < 1.29 is 13.2 Å². The first kappa shape index (κ1) is 21.1. The molecule has 156 valence electrons. The molecule has 7 heteroatoms. The Bertz CT molecular complexity index is 770. The summed E-state index contributed by atoms with van der Waals surface area (Å²) in [6.45, 7) is 7.30. The van der Waals surface area contributed by atoms with Crippen LogP contribution in [0.1, 0.15) is 59.3 Å². The third-order valence-corrected chi connectivity index (χ3v) is 8.09. The van der Waals surface area contributed by atoms with Crippen LogP contribution in [0.4, 0.5) is 11.4 Å². The monoisotopic (exact) mass is 407 g/mol. The SMILES string of the molecule is CC(C)(C)S(=O)(=O)N[C@H]1CC[C@H](C(=O)Nc2ccc(N3CCCC3)cc2)CC1. The van der Waals surface area contributed by atoms with Crippen LogP contribution in [0, 0.1) is 5.92 Å². The molecule has 0 bridgehead atoms. The van der Waals surface area contributed by atoms with Gasteiger partial charge >= 0.3 is 0 Å². The van der Waals surface area contributed by atoms with Gasteiger partial charge in [0.15, 0.2) is 0 Å². The number of anilines is 2. The zero-order valence-electron chi connectivity index (χ0n) is 17.2. The second-order valence-electron chi connectivity index (χ2n) is 9.01. The number of carbonyl (C=O) groups is 1. The molecule has 0 radical (unpaired) electrons. The fraction of sp³-hybridized carbons (Fsp3) is 0.667. The molecule has 2 fully saturated rings. The second-order valence-corrected chi connectivity index (χ2v) is 11.5. The van der Waals surface area contributed by atoms with Crippen LogP contribution in [-0.2, 0) is 14.8 Å². The maximum atomic E-state index is 12.6. The maximum Gasteiger partial charge on any atom is 0.227 e. The molecule has 1 heterocycles. The van der Waals surface area contributed by atoms with E-state index in [9.17, 15) is 13.2 Å². The molecule has 1 aliphatic heterocycles. The highest BCUT2D eigenvalue weighted by Gasteiger charge is 2.34. The van der Waals surface area contributed by atoms with E-state index in [4.69, 9.17) is 0 Å². The summed E-state index contributed by atoms with van der Waals surface area (Å²) in [5.74, 6) is -0.0281. The van der Waals surface area contributed by atoms with E-state index >= 15 is 0 Å². The molecular weight excluding hydrogens is 374 g/mol. The molecule has 0 aromatic heterocycles. The smallest absolute Gasteiger partial charge is 0.227 e. The largest absolute Gasteiger partial charge is 0.372 e. The van der Waals surface area contributed by atoms with Gasteiger partial charge in [-0.25, -0.2) is 13.1 Å². The van der Waals surface area contributed by atoms with Crippen LogP contribution in [0.3, 0.4) is 0 Å². The Balaban J connectivity index is 1.49. The number of nitrogens with zero attached hydrogens (tertiary/aromatic N) is 1. The van der Waals surface area contributed by atoms with E-state index in [1.807, 2.05) is 12.1 Å². The lowest BCUT2D eigenvalue weighted by atomic mass is 9.86. The number of sulfonamides is 1. The minimum Gasteiger partial charge on any atom is -0.372 e. The summed E-state index contributed by atoms with van der Waals surface area (Å²) in [7, 11) is -3.35. The van der Waals surface area contributed by atoms with Gasteiger partial charge in [0.25, 0.3) is 0 Å². The Morgan fingerprint density at radius 1 is 1.00 bits per heavy atom. The first-order valence-electron chi connectivity index (χ1n) is 10.3. The van der Waals surface area contributed by atoms with Gasteiger partial charge < -0.3 is 10.2 Å². The lowest BCUT2D eigenvalue weighted by molar-refractivity contribution is -0.120. The van der Waals surface area contributed by atoms with Crippen LogP contribution in [0.5, 0.6) is 0 Å². The predicted octanol–water partition coefficient (Wildman–Crippen LogP) is 3.50. The molecule has 3 rings (SSSR count). The molecule has 1 aliphatic carbocycles. The average molecular weight is 408 g/mol. The van der Waals surface area contributed by atoms with E-state index < -0.39 is 14.8 Å². The van der Waals surface area contributed by atoms with Crippen molar-refractivity contribution in [1.82, 2.24) is 4.72 Å². The lowest BCUT2D eigenvalue weighted by Gasteiger charge is -2.30. The van der Waals surface area contributed by atoms with Crippen LogP contribution in [0.15, 0.2) is 24.3 Å². The summed E-state index contributed by atoms with van der Waals surface area (Å²) < 4.78 is 26.6. The van der Waals surface area contributed by atoms with Gasteiger partial charge in [-0.05, 0) is 83.6 Å². The van der Waals surface area contributed by atoms with Gasteiger partial charge in [-0.1, -0.05) is 0 Å². The molecule has 0 spiro atoms. The van der Waals surface area contributed by atoms with Gasteiger partial charge in [0.1, 0.15) is 0 Å². The van der Waals surface area contributed by atoms with Crippen LogP contribution in [0.25, 0.3) is 0 Å². The molecule has 6 nitrogen and oxygen atoms in total. The number of rotatable bonds is 5. The molecule has 0 atom stereocenters. The van der Waals surface area contributed by atoms with Crippen LogP contribution in [-0.4, -0.2) is 38.2 Å². The topological polar surface area (TPSA) is 78.5 Å². The standard InChI is InChI=1S/C21H33N3O3S/c1-21(2,3)28(26,27)23-18-8-6-16(7-9-18)20(25)22-17-10-12-19(13-11-17)24-14-4-5-15-24/h10-13,16,18,23H,4-9,14-15H2,1-3H3,(H,22,25)/t16-,18-. The van der Waals surface area contributed by atoms with Gasteiger partial charge in [0.2, 0.25) is 15.9 Å². The highest BCUT2D eigenvalue weighted by Crippen LogP contribution is 2.28. The third kappa shape index (κ3) is 5.06. The number of hydrogen-bond donors (Lipinski definition) is 2. The van der Waals surface area contributed by atoms with Crippen molar-refractivity contribution in [3.8, 4) is 0 Å². The normalized spacial score (nSPS) is 23.6. The van der Waals surface area contributed by atoms with E-state index in [0.717, 1.165) is 18.8 Å². The highest BCUT2D eigenvalue weighted by atomic mass is 32.2. The maximum absolute atomic E-state index is 12.6. The van der Waals surface area contributed by atoms with Crippen molar-refractivity contribution >= 4 is 27.3 Å². The summed E-state index contributed by atoms with van der Waals surface area (Å²) >= 11 is 0. The summed E-state index contributed by atoms with van der Waals surface area (Å²) in [5.41, 5.74) is 2.03. The van der Waals surface area contributed by atoms with E-state index in [0.29, 0.717) is 25.7 Å². The zero-order valence-corrected chi connectivity index (χ0v) is 18.0. The van der Waals surface area contributed by atoms with E-state index in [1.165, 1.54) is 18.5 Å². The molecule has 0 unspecified atom stereocenters. The van der Waals surface area contributed by atoms with Crippen molar-refractivity contribution in [2.24, 2.45) is 5.92 Å². The summed E-state index contributed by atoms with van der Waals surface area (Å²) in [4.78, 5) is 15.0. The van der Waals surface area contributed by atoms with Crippen molar-refractivity contribution in [3.05, 3.63) is 24.3 Å². The van der Waals surface area contributed by atoms with E-state index in [2.05, 4.69) is 27.1 Å². The van der Waals surface area contributed by atoms with Gasteiger partial charge in [-0.3, -0.25) is 4.79 Å². The molecule has 2 N–H and O–H groups in total. The molecule has 1 aromatic carbocycles. The number of amides is 1. The third-order valence-electron chi connectivity index (χ3n) is 5.83. The lowest BCUT2D eigenvalue weighted by Crippen LogP contribution is -2.46. The average Bonchev–Trinajstić information content (AvgIpc) is 3.16. The molecular formula is C21H33N3O3S. The van der Waals surface area contributed by atoms with Gasteiger partial charge in [0, 0.05) is 36.4 Å². The first-order valence-corrected chi connectivity index (χ1v) is 11.8. The molecule has 1 saturated carbocycles. The molecule has 1 saturated heterocycles. The molecule has 1 aromatic rings. The van der Waals surface area contributed by atoms with Gasteiger partial charge in [-0.15, -0.1) is 0 Å². The number of nitrogens with one attached hydrogen (secondary N) is 2. The van der Waals surface area contributed by atoms with Crippen LogP contribution in [0.2, 0.25) is 0 Å². The number of hydrogen-bond acceptors (Lipinski definition) is 4. The second kappa shape index (κ2) is 8.41. The van der Waals surface area contributed by atoms with Crippen molar-refractivity contribution in [2.75, 3.05) is 23.3 Å². The Labute approximate surface area is 169 Å². The number of carbonyl (C=O) groups excluding carboxylic acids is 1. The van der Waals surface area contributed by atoms with Gasteiger partial charge in [0.05, 0.1) is 4.75 Å². The number of benzene rings is 1. The van der Waals surface area contributed by atoms with Gasteiger partial charge in [-0.2, -0.15) is 0 Å². The minimum atomic E-state index is -3.35. The molecule has 2 aliphatic rings. The van der Waals surface area contributed by atoms with Crippen LogP contribution < -0.4 is 14.9 Å². The zero-order chi connectivity index (χ0) is 20.4. The van der Waals surface area contributed by atoms with Crippen LogP contribution >= 0.6 is 0 Å². The predicted molar refractivity (Wildman–Crippen MR) is 114 cm³/mol. The quantitative estimate of drug-likeness (QED) is 0.783. The Kier molecular flexibility index (Phi) is 6.34. The Morgan fingerprint density at radius 2 is 1.57 bits per heavy atom. The van der Waals surface area contributed by atoms with E-state index in [-0.39, 0.29) is 17.9 Å². The Morgan fingerprint density at radius 3 is 2.11 bits per heavy atom. The first-order chi connectivity index (χ1) is 13.2. The Hall–Kier alpha value is -1.60. The highest BCUT2D eigenvalue weighted by molar-refractivity contribution is 7.90.